The SMILES string of the molecule is CC1(C)O[C@@H]2O[C@@H]([CH2][Sn]([c]3ccccc3)([c]3ccccc3)[c]3ccccc3)[C@@H](O)[C@@H]2O1. The summed E-state index contributed by atoms with van der Waals surface area (Å²) in [4.78, 5) is 0. The third-order valence-corrected chi connectivity index (χ3v) is 20.6. The molecule has 0 saturated carbocycles. The van der Waals surface area contributed by atoms with Gasteiger partial charge in [-0.15, -0.1) is 0 Å². The molecule has 31 heavy (non-hydrogen) atoms. The second-order valence-corrected chi connectivity index (χ2v) is 20.1. The van der Waals surface area contributed by atoms with Crippen LogP contribution < -0.4 is 10.7 Å². The van der Waals surface area contributed by atoms with Gasteiger partial charge in [0.15, 0.2) is 0 Å². The van der Waals surface area contributed by atoms with Gasteiger partial charge in [-0.05, 0) is 0 Å². The maximum atomic E-state index is 11.2. The summed E-state index contributed by atoms with van der Waals surface area (Å²) < 4.78 is 23.1. The molecule has 0 amide bonds. The summed E-state index contributed by atoms with van der Waals surface area (Å²) in [5.41, 5.74) is 0. The summed E-state index contributed by atoms with van der Waals surface area (Å²) in [6.07, 6.45) is -2.05. The number of hydrogen-bond acceptors (Lipinski definition) is 4. The Hall–Kier alpha value is -1.70. The van der Waals surface area contributed by atoms with E-state index in [0.29, 0.717) is 0 Å². The molecule has 2 fully saturated rings. The molecule has 5 heteroatoms. The van der Waals surface area contributed by atoms with E-state index in [1.807, 2.05) is 13.8 Å². The zero-order chi connectivity index (χ0) is 21.5. The van der Waals surface area contributed by atoms with E-state index in [-0.39, 0.29) is 6.10 Å². The quantitative estimate of drug-likeness (QED) is 0.523. The van der Waals surface area contributed by atoms with Gasteiger partial charge in [0.2, 0.25) is 0 Å². The minimum absolute atomic E-state index is 0.345. The van der Waals surface area contributed by atoms with Crippen molar-refractivity contribution < 1.29 is 19.3 Å². The average molecular weight is 523 g/mol. The summed E-state index contributed by atoms with van der Waals surface area (Å²) in [5, 5.41) is 11.2. The van der Waals surface area contributed by atoms with Gasteiger partial charge in [-0.2, -0.15) is 0 Å². The number of fused-ring (bicyclic) bond motifs is 1. The van der Waals surface area contributed by atoms with Crippen LogP contribution in [-0.2, 0) is 14.2 Å². The molecule has 2 aliphatic heterocycles. The summed E-state index contributed by atoms with van der Waals surface area (Å²) in [5.74, 6) is -0.736. The van der Waals surface area contributed by atoms with Crippen molar-refractivity contribution in [3.8, 4) is 0 Å². The number of hydrogen-bond donors (Lipinski definition) is 1. The molecule has 3 aromatic carbocycles. The van der Waals surface area contributed by atoms with Gasteiger partial charge < -0.3 is 0 Å². The third-order valence-electron chi connectivity index (χ3n) is 6.42. The van der Waals surface area contributed by atoms with Crippen molar-refractivity contribution >= 4 is 29.1 Å². The Labute approximate surface area is 187 Å². The maximum absolute atomic E-state index is 11.2. The normalized spacial score (nSPS) is 27.2. The number of aliphatic hydroxyl groups is 1. The molecule has 2 saturated heterocycles. The molecule has 160 valence electrons. The van der Waals surface area contributed by atoms with Crippen molar-refractivity contribution in [2.45, 2.75) is 48.7 Å². The first-order chi connectivity index (χ1) is 15.0. The molecule has 0 aliphatic carbocycles. The molecular formula is C26H28O4Sn. The van der Waals surface area contributed by atoms with Gasteiger partial charge >= 0.3 is 188 Å². The first-order valence-electron chi connectivity index (χ1n) is 10.9. The Morgan fingerprint density at radius 2 is 1.19 bits per heavy atom. The van der Waals surface area contributed by atoms with Crippen molar-refractivity contribution in [2.75, 3.05) is 0 Å². The minimum atomic E-state index is -3.54. The van der Waals surface area contributed by atoms with Crippen LogP contribution in [0.5, 0.6) is 0 Å². The van der Waals surface area contributed by atoms with Crippen molar-refractivity contribution in [2.24, 2.45) is 0 Å². The second kappa shape index (κ2) is 8.34. The fourth-order valence-electron chi connectivity index (χ4n) is 5.05. The van der Waals surface area contributed by atoms with Crippen LogP contribution in [0.25, 0.3) is 0 Å². The van der Waals surface area contributed by atoms with Gasteiger partial charge in [0.1, 0.15) is 0 Å². The van der Waals surface area contributed by atoms with E-state index in [2.05, 4.69) is 91.0 Å². The van der Waals surface area contributed by atoms with E-state index in [1.165, 1.54) is 10.7 Å². The first-order valence-corrected chi connectivity index (χ1v) is 17.2. The topological polar surface area (TPSA) is 47.9 Å². The molecule has 0 unspecified atom stereocenters. The summed E-state index contributed by atoms with van der Waals surface area (Å²) in [7, 11) is 0. The number of aliphatic hydroxyl groups excluding tert-OH is 1. The second-order valence-electron chi connectivity index (χ2n) is 8.84. The Morgan fingerprint density at radius 3 is 1.61 bits per heavy atom. The Bertz CT molecular complexity index is 913. The third kappa shape index (κ3) is 3.85. The first kappa shape index (κ1) is 21.2. The van der Waals surface area contributed by atoms with Crippen LogP contribution in [0.3, 0.4) is 0 Å². The van der Waals surface area contributed by atoms with Crippen LogP contribution in [0.4, 0.5) is 0 Å². The van der Waals surface area contributed by atoms with E-state index < -0.39 is 42.7 Å². The van der Waals surface area contributed by atoms with Crippen LogP contribution in [0.2, 0.25) is 4.44 Å². The van der Waals surface area contributed by atoms with E-state index in [1.54, 1.807) is 0 Å². The van der Waals surface area contributed by atoms with Crippen molar-refractivity contribution in [1.29, 1.82) is 0 Å². The molecule has 2 heterocycles. The molecule has 2 aliphatic rings. The standard InChI is InChI=1S/C8H13O4.3C6H5.Sn/c1-4-5(9)6-7(10-4)12-8(2,3)11-6;3*1-2-4-6-5-3-1;/h4-7,9H,1H2,2-3H3;3*1-5H;/t4-,5+,6-,7-;;;;/m0..../s1. The van der Waals surface area contributed by atoms with Gasteiger partial charge in [-0.25, -0.2) is 0 Å². The number of ether oxygens (including phenoxy) is 3. The Kier molecular flexibility index (Phi) is 5.69. The van der Waals surface area contributed by atoms with Crippen molar-refractivity contribution in [3.05, 3.63) is 91.0 Å². The Balaban J connectivity index is 1.61. The number of rotatable bonds is 5. The van der Waals surface area contributed by atoms with E-state index in [0.717, 1.165) is 4.44 Å². The summed E-state index contributed by atoms with van der Waals surface area (Å²) in [6.45, 7) is 3.72. The zero-order valence-corrected chi connectivity index (χ0v) is 20.7. The monoisotopic (exact) mass is 524 g/mol. The van der Waals surface area contributed by atoms with Crippen molar-refractivity contribution in [3.63, 3.8) is 0 Å². The fourth-order valence-corrected chi connectivity index (χ4v) is 19.1. The molecular weight excluding hydrogens is 495 g/mol. The molecule has 5 rings (SSSR count). The molecule has 0 aromatic heterocycles. The summed E-state index contributed by atoms with van der Waals surface area (Å²) >= 11 is -3.54. The average Bonchev–Trinajstić information content (AvgIpc) is 3.25. The molecule has 3 aromatic rings. The molecule has 0 bridgehead atoms. The number of benzene rings is 3. The molecule has 1 N–H and O–H groups in total. The fraction of sp³-hybridized carbons (Fsp3) is 0.308. The van der Waals surface area contributed by atoms with Gasteiger partial charge in [0.05, 0.1) is 0 Å². The van der Waals surface area contributed by atoms with Gasteiger partial charge in [-0.1, -0.05) is 0 Å². The van der Waals surface area contributed by atoms with Gasteiger partial charge in [0.25, 0.3) is 0 Å². The van der Waals surface area contributed by atoms with Crippen LogP contribution in [0.1, 0.15) is 13.8 Å². The van der Waals surface area contributed by atoms with Crippen molar-refractivity contribution in [1.82, 2.24) is 0 Å². The predicted octanol–water partition coefficient (Wildman–Crippen LogP) is 2.39. The van der Waals surface area contributed by atoms with Crippen LogP contribution in [0, 0.1) is 0 Å². The van der Waals surface area contributed by atoms with E-state index >= 15 is 0 Å². The molecule has 0 spiro atoms. The van der Waals surface area contributed by atoms with E-state index in [9.17, 15) is 5.11 Å². The predicted molar refractivity (Wildman–Crippen MR) is 123 cm³/mol. The van der Waals surface area contributed by atoms with Crippen LogP contribution in [0.15, 0.2) is 91.0 Å². The molecule has 4 atom stereocenters. The van der Waals surface area contributed by atoms with Gasteiger partial charge in [0, 0.05) is 0 Å². The van der Waals surface area contributed by atoms with Gasteiger partial charge in [-0.3, -0.25) is 0 Å². The summed E-state index contributed by atoms with van der Waals surface area (Å²) in [6, 6.07) is 32.3. The Morgan fingerprint density at radius 1 is 0.742 bits per heavy atom. The van der Waals surface area contributed by atoms with Crippen LogP contribution in [-0.4, -0.2) is 53.9 Å². The molecule has 4 nitrogen and oxygen atoms in total. The van der Waals surface area contributed by atoms with E-state index in [4.69, 9.17) is 14.2 Å². The molecule has 0 radical (unpaired) electrons. The zero-order valence-electron chi connectivity index (χ0n) is 17.8. The van der Waals surface area contributed by atoms with Crippen LogP contribution >= 0.6 is 0 Å².